The van der Waals surface area contributed by atoms with Gasteiger partial charge in [0.1, 0.15) is 0 Å². The minimum atomic E-state index is 0.905. The smallest absolute Gasteiger partial charge is 0.0386 e. The molecule has 0 aromatic rings. The summed E-state index contributed by atoms with van der Waals surface area (Å²) in [5.74, 6) is 3.74. The number of hydrogen-bond acceptors (Lipinski definition) is 0. The molecule has 0 spiro atoms. The number of hydrogen-bond donors (Lipinski definition) is 0. The van der Waals surface area contributed by atoms with Crippen molar-refractivity contribution in [2.75, 3.05) is 0 Å². The predicted octanol–water partition coefficient (Wildman–Crippen LogP) is 11.0. The molecule has 0 heteroatoms. The maximum absolute atomic E-state index is 2.61. The van der Waals surface area contributed by atoms with Crippen LogP contribution in [0.25, 0.3) is 0 Å². The van der Waals surface area contributed by atoms with Gasteiger partial charge in [0, 0.05) is 0 Å². The van der Waals surface area contributed by atoms with Crippen molar-refractivity contribution in [2.45, 2.75) is 164 Å². The first-order valence-electron chi connectivity index (χ1n) is 14.1. The van der Waals surface area contributed by atoms with E-state index in [1.165, 1.54) is 122 Å². The molecule has 0 aliphatic rings. The van der Waals surface area contributed by atoms with E-state index in [1.807, 2.05) is 0 Å². The summed E-state index contributed by atoms with van der Waals surface area (Å²) < 4.78 is 0. The van der Waals surface area contributed by atoms with Crippen molar-refractivity contribution in [3.8, 4) is 0 Å². The highest BCUT2D eigenvalue weighted by atomic mass is 14.3. The Morgan fingerprint density at radius 1 is 0.379 bits per heavy atom. The van der Waals surface area contributed by atoms with Crippen LogP contribution in [0.4, 0.5) is 0 Å². The molecule has 0 N–H and O–H groups in total. The second-order valence-electron chi connectivity index (χ2n) is 10.3. The molecule has 0 radical (unpaired) electrons. The predicted molar refractivity (Wildman–Crippen MR) is 136 cm³/mol. The van der Waals surface area contributed by atoms with Crippen LogP contribution in [0, 0.1) is 23.7 Å². The highest BCUT2D eigenvalue weighted by molar-refractivity contribution is 4.77. The lowest BCUT2D eigenvalue weighted by molar-refractivity contribution is 0.158. The summed E-state index contributed by atoms with van der Waals surface area (Å²) in [4.78, 5) is 0. The molecule has 4 atom stereocenters. The van der Waals surface area contributed by atoms with Crippen LogP contribution >= 0.6 is 0 Å². The Bertz CT molecular complexity index is 307. The highest BCUT2D eigenvalue weighted by Crippen LogP contribution is 2.36. The minimum absolute atomic E-state index is 0.905. The van der Waals surface area contributed by atoms with E-state index < -0.39 is 0 Å². The van der Waals surface area contributed by atoms with Crippen molar-refractivity contribution in [1.29, 1.82) is 0 Å². The standard InChI is InChI=1S/C29H60/c1-7-11-14-16-18-21-23-28(10-4)26(5)27(6)29(24-20-13-9-3)25-22-19-17-15-12-8-2/h26-29H,7-25H2,1-6H3. The average Bonchev–Trinajstić information content (AvgIpc) is 2.73. The molecule has 0 rings (SSSR count). The zero-order valence-corrected chi connectivity index (χ0v) is 21.7. The third-order valence-electron chi connectivity index (χ3n) is 7.88. The fourth-order valence-corrected chi connectivity index (χ4v) is 5.40. The summed E-state index contributed by atoms with van der Waals surface area (Å²) in [7, 11) is 0. The van der Waals surface area contributed by atoms with Gasteiger partial charge in [-0.05, 0) is 23.7 Å². The molecule has 0 aliphatic carbocycles. The van der Waals surface area contributed by atoms with E-state index in [0.29, 0.717) is 0 Å². The molecule has 0 fully saturated rings. The fraction of sp³-hybridized carbons (Fsp3) is 1.00. The van der Waals surface area contributed by atoms with Crippen LogP contribution in [0.15, 0.2) is 0 Å². The van der Waals surface area contributed by atoms with Crippen molar-refractivity contribution >= 4 is 0 Å². The Labute approximate surface area is 187 Å². The molecule has 0 amide bonds. The Morgan fingerprint density at radius 3 is 1.14 bits per heavy atom. The van der Waals surface area contributed by atoms with Crippen LogP contribution in [-0.4, -0.2) is 0 Å². The molecule has 176 valence electrons. The SMILES string of the molecule is CCCCCCCCC(CC)C(C)C(C)C(CCCCC)CCCCCCCC. The Morgan fingerprint density at radius 2 is 0.690 bits per heavy atom. The van der Waals surface area contributed by atoms with Crippen molar-refractivity contribution in [1.82, 2.24) is 0 Å². The fourth-order valence-electron chi connectivity index (χ4n) is 5.40. The van der Waals surface area contributed by atoms with Gasteiger partial charge in [0.2, 0.25) is 0 Å². The summed E-state index contributed by atoms with van der Waals surface area (Å²) in [6, 6.07) is 0. The van der Waals surface area contributed by atoms with Gasteiger partial charge in [0.15, 0.2) is 0 Å². The van der Waals surface area contributed by atoms with Crippen LogP contribution in [-0.2, 0) is 0 Å². The minimum Gasteiger partial charge on any atom is -0.0654 e. The Hall–Kier alpha value is 0. The molecule has 0 aromatic carbocycles. The van der Waals surface area contributed by atoms with Gasteiger partial charge in [-0.1, -0.05) is 164 Å². The molecule has 0 aromatic heterocycles. The van der Waals surface area contributed by atoms with E-state index in [-0.39, 0.29) is 0 Å². The number of rotatable bonds is 22. The van der Waals surface area contributed by atoms with Crippen molar-refractivity contribution in [2.24, 2.45) is 23.7 Å². The highest BCUT2D eigenvalue weighted by Gasteiger charge is 2.27. The van der Waals surface area contributed by atoms with Gasteiger partial charge in [-0.15, -0.1) is 0 Å². The lowest BCUT2D eigenvalue weighted by atomic mass is 9.71. The van der Waals surface area contributed by atoms with E-state index in [0.717, 1.165) is 23.7 Å². The summed E-state index contributed by atoms with van der Waals surface area (Å²) in [5.41, 5.74) is 0. The Balaban J connectivity index is 4.45. The van der Waals surface area contributed by atoms with Crippen LogP contribution < -0.4 is 0 Å². The third-order valence-corrected chi connectivity index (χ3v) is 7.88. The zero-order valence-electron chi connectivity index (χ0n) is 21.7. The van der Waals surface area contributed by atoms with Gasteiger partial charge in [0.05, 0.1) is 0 Å². The molecule has 0 heterocycles. The van der Waals surface area contributed by atoms with Crippen LogP contribution in [0.2, 0.25) is 0 Å². The first-order valence-corrected chi connectivity index (χ1v) is 14.1. The topological polar surface area (TPSA) is 0 Å². The number of unbranched alkanes of at least 4 members (excludes halogenated alkanes) is 12. The largest absolute Gasteiger partial charge is 0.0654 e. The quantitative estimate of drug-likeness (QED) is 0.156. The molecule has 0 saturated carbocycles. The molecule has 4 unspecified atom stereocenters. The molecule has 0 bridgehead atoms. The van der Waals surface area contributed by atoms with Gasteiger partial charge in [0.25, 0.3) is 0 Å². The van der Waals surface area contributed by atoms with Gasteiger partial charge < -0.3 is 0 Å². The summed E-state index contributed by atoms with van der Waals surface area (Å²) in [5, 5.41) is 0. The van der Waals surface area contributed by atoms with E-state index in [4.69, 9.17) is 0 Å². The van der Waals surface area contributed by atoms with Gasteiger partial charge in [-0.2, -0.15) is 0 Å². The normalized spacial score (nSPS) is 15.9. The van der Waals surface area contributed by atoms with E-state index >= 15 is 0 Å². The molecule has 29 heavy (non-hydrogen) atoms. The van der Waals surface area contributed by atoms with Gasteiger partial charge in [-0.3, -0.25) is 0 Å². The van der Waals surface area contributed by atoms with Gasteiger partial charge >= 0.3 is 0 Å². The zero-order chi connectivity index (χ0) is 21.7. The lowest BCUT2D eigenvalue weighted by Crippen LogP contribution is -2.25. The first-order chi connectivity index (χ1) is 14.1. The lowest BCUT2D eigenvalue weighted by Gasteiger charge is -2.34. The van der Waals surface area contributed by atoms with Crippen LogP contribution in [0.3, 0.4) is 0 Å². The summed E-state index contributed by atoms with van der Waals surface area (Å²) >= 11 is 0. The monoisotopic (exact) mass is 408 g/mol. The molecular formula is C29H60. The van der Waals surface area contributed by atoms with E-state index in [9.17, 15) is 0 Å². The maximum Gasteiger partial charge on any atom is -0.0386 e. The molecule has 0 nitrogen and oxygen atoms in total. The first kappa shape index (κ1) is 29.0. The second-order valence-corrected chi connectivity index (χ2v) is 10.3. The van der Waals surface area contributed by atoms with E-state index in [2.05, 4.69) is 41.5 Å². The molecule has 0 saturated heterocycles. The Kier molecular flexibility index (Phi) is 21.2. The van der Waals surface area contributed by atoms with Gasteiger partial charge in [-0.25, -0.2) is 0 Å². The van der Waals surface area contributed by atoms with Crippen LogP contribution in [0.1, 0.15) is 164 Å². The van der Waals surface area contributed by atoms with Crippen molar-refractivity contribution in [3.63, 3.8) is 0 Å². The van der Waals surface area contributed by atoms with Crippen molar-refractivity contribution < 1.29 is 0 Å². The third kappa shape index (κ3) is 15.5. The average molecular weight is 409 g/mol. The van der Waals surface area contributed by atoms with E-state index in [1.54, 1.807) is 0 Å². The van der Waals surface area contributed by atoms with Crippen molar-refractivity contribution in [3.05, 3.63) is 0 Å². The molecular weight excluding hydrogens is 348 g/mol. The summed E-state index contributed by atoms with van der Waals surface area (Å²) in [6.07, 6.45) is 27.4. The molecule has 0 aliphatic heterocycles. The second kappa shape index (κ2) is 21.2. The summed E-state index contributed by atoms with van der Waals surface area (Å²) in [6.45, 7) is 14.7. The maximum atomic E-state index is 2.61. The van der Waals surface area contributed by atoms with Crippen LogP contribution in [0.5, 0.6) is 0 Å².